The Labute approximate surface area is 190 Å². The third-order valence-corrected chi connectivity index (χ3v) is 7.36. The van der Waals surface area contributed by atoms with Crippen LogP contribution in [0.4, 0.5) is 0 Å². The van der Waals surface area contributed by atoms with E-state index in [1.54, 1.807) is 13.1 Å². The highest BCUT2D eigenvalue weighted by Crippen LogP contribution is 2.38. The van der Waals surface area contributed by atoms with Gasteiger partial charge in [0.15, 0.2) is 0 Å². The summed E-state index contributed by atoms with van der Waals surface area (Å²) in [6, 6.07) is 12.5. The van der Waals surface area contributed by atoms with E-state index in [-0.39, 0.29) is 11.8 Å². The predicted molar refractivity (Wildman–Crippen MR) is 125 cm³/mol. The van der Waals surface area contributed by atoms with Crippen LogP contribution in [-0.2, 0) is 22.6 Å². The van der Waals surface area contributed by atoms with Gasteiger partial charge < -0.3 is 10.6 Å². The monoisotopic (exact) mass is 434 g/mol. The lowest BCUT2D eigenvalue weighted by Gasteiger charge is -2.41. The molecule has 2 aliphatic heterocycles. The van der Waals surface area contributed by atoms with Gasteiger partial charge in [-0.25, -0.2) is 0 Å². The minimum atomic E-state index is -0.517. The fourth-order valence-corrected chi connectivity index (χ4v) is 5.37. The Hall–Kier alpha value is -2.73. The number of likely N-dealkylation sites (tertiary alicyclic amines) is 2. The molecule has 2 saturated heterocycles. The molecule has 0 radical (unpaired) electrons. The average molecular weight is 435 g/mol. The maximum Gasteiger partial charge on any atom is 0.224 e. The van der Waals surface area contributed by atoms with E-state index < -0.39 is 5.41 Å². The number of benzene rings is 1. The second kappa shape index (κ2) is 9.82. The van der Waals surface area contributed by atoms with Crippen LogP contribution >= 0.6 is 0 Å². The molecular weight excluding hydrogens is 400 g/mol. The van der Waals surface area contributed by atoms with Crippen LogP contribution in [0.15, 0.2) is 48.8 Å². The summed E-state index contributed by atoms with van der Waals surface area (Å²) in [6.07, 6.45) is 7.99. The molecule has 2 aromatic rings. The summed E-state index contributed by atoms with van der Waals surface area (Å²) in [6.45, 7) is 5.79. The quantitative estimate of drug-likeness (QED) is 0.758. The largest absolute Gasteiger partial charge is 0.369 e. The van der Waals surface area contributed by atoms with Crippen LogP contribution in [0.25, 0.3) is 0 Å². The second-order valence-electron chi connectivity index (χ2n) is 9.46. The molecule has 1 aromatic carbocycles. The molecule has 2 amide bonds. The third-order valence-electron chi connectivity index (χ3n) is 7.36. The van der Waals surface area contributed by atoms with Gasteiger partial charge in [-0.05, 0) is 68.0 Å². The standard InChI is InChI=1S/C26H34N4O2/c1-20(31)30-13-5-8-23(19-30)24-9-3-2-7-22(24)16-26(25(27)32)10-14-29(15-11-26)18-21-6-4-12-28-17-21/h2-4,6-7,9,12,17,23H,5,8,10-11,13-16,18-19H2,1H3,(H2,27,32)/t23-/m1/s1. The van der Waals surface area contributed by atoms with Crippen LogP contribution in [0.2, 0.25) is 0 Å². The van der Waals surface area contributed by atoms with E-state index >= 15 is 0 Å². The van der Waals surface area contributed by atoms with Gasteiger partial charge in [-0.1, -0.05) is 30.3 Å². The summed E-state index contributed by atoms with van der Waals surface area (Å²) in [7, 11) is 0. The number of carbonyl (C=O) groups is 2. The molecule has 32 heavy (non-hydrogen) atoms. The first-order chi connectivity index (χ1) is 15.5. The first kappa shape index (κ1) is 22.5. The SMILES string of the molecule is CC(=O)N1CCC[C@@H](c2ccccc2CC2(C(N)=O)CCN(Cc3cccnc3)CC2)C1. The molecule has 0 bridgehead atoms. The molecule has 2 aliphatic rings. The van der Waals surface area contributed by atoms with E-state index in [9.17, 15) is 9.59 Å². The molecule has 2 N–H and O–H groups in total. The molecule has 4 rings (SSSR count). The Kier molecular flexibility index (Phi) is 6.89. The normalized spacial score (nSPS) is 21.3. The van der Waals surface area contributed by atoms with Crippen molar-refractivity contribution in [1.29, 1.82) is 0 Å². The van der Waals surface area contributed by atoms with Gasteiger partial charge in [-0.15, -0.1) is 0 Å². The van der Waals surface area contributed by atoms with Crippen molar-refractivity contribution in [3.63, 3.8) is 0 Å². The lowest BCUT2D eigenvalue weighted by molar-refractivity contribution is -0.130. The molecule has 0 unspecified atom stereocenters. The minimum absolute atomic E-state index is 0.141. The number of carbonyl (C=O) groups excluding carboxylic acids is 2. The summed E-state index contributed by atoms with van der Waals surface area (Å²) < 4.78 is 0. The van der Waals surface area contributed by atoms with Gasteiger partial charge in [0.2, 0.25) is 11.8 Å². The Balaban J connectivity index is 1.48. The van der Waals surface area contributed by atoms with E-state index in [1.807, 2.05) is 17.2 Å². The van der Waals surface area contributed by atoms with Crippen LogP contribution < -0.4 is 5.73 Å². The van der Waals surface area contributed by atoms with Crippen molar-refractivity contribution in [2.24, 2.45) is 11.1 Å². The fraction of sp³-hybridized carbons (Fsp3) is 0.500. The van der Waals surface area contributed by atoms with Gasteiger partial charge in [-0.3, -0.25) is 19.5 Å². The summed E-state index contributed by atoms with van der Waals surface area (Å²) >= 11 is 0. The highest BCUT2D eigenvalue weighted by atomic mass is 16.2. The summed E-state index contributed by atoms with van der Waals surface area (Å²) in [4.78, 5) is 33.2. The number of piperidine rings is 2. The molecule has 1 aromatic heterocycles. The van der Waals surface area contributed by atoms with Crippen molar-refractivity contribution in [1.82, 2.24) is 14.8 Å². The maximum absolute atomic E-state index is 12.7. The lowest BCUT2D eigenvalue weighted by Crippen LogP contribution is -2.48. The van der Waals surface area contributed by atoms with Crippen molar-refractivity contribution >= 4 is 11.8 Å². The minimum Gasteiger partial charge on any atom is -0.369 e. The van der Waals surface area contributed by atoms with E-state index in [4.69, 9.17) is 5.73 Å². The van der Waals surface area contributed by atoms with Crippen LogP contribution in [0.3, 0.4) is 0 Å². The smallest absolute Gasteiger partial charge is 0.224 e. The number of rotatable bonds is 6. The topological polar surface area (TPSA) is 79.5 Å². The number of nitrogens with zero attached hydrogens (tertiary/aromatic N) is 3. The van der Waals surface area contributed by atoms with E-state index in [1.165, 1.54) is 16.7 Å². The van der Waals surface area contributed by atoms with Crippen LogP contribution in [0.1, 0.15) is 55.2 Å². The summed E-state index contributed by atoms with van der Waals surface area (Å²) in [5.41, 5.74) is 9.18. The zero-order chi connectivity index (χ0) is 22.6. The van der Waals surface area contributed by atoms with Crippen molar-refractivity contribution in [2.75, 3.05) is 26.2 Å². The van der Waals surface area contributed by atoms with Gasteiger partial charge in [0, 0.05) is 44.9 Å². The number of hydrogen-bond acceptors (Lipinski definition) is 4. The number of pyridine rings is 1. The van der Waals surface area contributed by atoms with Crippen LogP contribution in [0.5, 0.6) is 0 Å². The zero-order valence-corrected chi connectivity index (χ0v) is 19.0. The summed E-state index contributed by atoms with van der Waals surface area (Å²) in [5, 5.41) is 0. The molecule has 0 aliphatic carbocycles. The summed E-state index contributed by atoms with van der Waals surface area (Å²) in [5.74, 6) is 0.267. The van der Waals surface area contributed by atoms with Crippen molar-refractivity contribution in [3.05, 3.63) is 65.5 Å². The van der Waals surface area contributed by atoms with E-state index in [2.05, 4.69) is 40.2 Å². The Bertz CT molecular complexity index is 938. The first-order valence-corrected chi connectivity index (χ1v) is 11.7. The molecular formula is C26H34N4O2. The van der Waals surface area contributed by atoms with E-state index in [0.29, 0.717) is 12.3 Å². The van der Waals surface area contributed by atoms with Gasteiger partial charge in [0.25, 0.3) is 0 Å². The maximum atomic E-state index is 12.7. The van der Waals surface area contributed by atoms with Gasteiger partial charge in [0.1, 0.15) is 0 Å². The van der Waals surface area contributed by atoms with Gasteiger partial charge in [0.05, 0.1) is 5.41 Å². The highest BCUT2D eigenvalue weighted by molar-refractivity contribution is 5.81. The Morgan fingerprint density at radius 1 is 1.12 bits per heavy atom. The number of hydrogen-bond donors (Lipinski definition) is 1. The van der Waals surface area contributed by atoms with E-state index in [0.717, 1.165) is 58.4 Å². The van der Waals surface area contributed by atoms with Crippen molar-refractivity contribution in [2.45, 2.75) is 51.5 Å². The lowest BCUT2D eigenvalue weighted by atomic mass is 9.71. The van der Waals surface area contributed by atoms with Crippen molar-refractivity contribution < 1.29 is 9.59 Å². The molecule has 1 atom stereocenters. The van der Waals surface area contributed by atoms with Crippen LogP contribution in [-0.4, -0.2) is 52.8 Å². The predicted octanol–water partition coefficient (Wildman–Crippen LogP) is 3.12. The number of primary amides is 1. The second-order valence-corrected chi connectivity index (χ2v) is 9.46. The molecule has 0 saturated carbocycles. The highest BCUT2D eigenvalue weighted by Gasteiger charge is 2.40. The molecule has 6 heteroatoms. The molecule has 0 spiro atoms. The third kappa shape index (κ3) is 5.01. The fourth-order valence-electron chi connectivity index (χ4n) is 5.37. The molecule has 170 valence electrons. The Morgan fingerprint density at radius 2 is 1.91 bits per heavy atom. The zero-order valence-electron chi connectivity index (χ0n) is 19.0. The molecule has 3 heterocycles. The van der Waals surface area contributed by atoms with Gasteiger partial charge >= 0.3 is 0 Å². The number of aromatic nitrogens is 1. The number of nitrogens with two attached hydrogens (primary N) is 1. The first-order valence-electron chi connectivity index (χ1n) is 11.7. The average Bonchev–Trinajstić information content (AvgIpc) is 2.81. The molecule has 2 fully saturated rings. The van der Waals surface area contributed by atoms with Crippen LogP contribution in [0, 0.1) is 5.41 Å². The van der Waals surface area contributed by atoms with Gasteiger partial charge in [-0.2, -0.15) is 0 Å². The number of amides is 2. The Morgan fingerprint density at radius 3 is 2.59 bits per heavy atom. The van der Waals surface area contributed by atoms with Crippen molar-refractivity contribution in [3.8, 4) is 0 Å². The molecule has 6 nitrogen and oxygen atoms in total.